The van der Waals surface area contributed by atoms with Crippen LogP contribution in [0.2, 0.25) is 5.02 Å². The van der Waals surface area contributed by atoms with Crippen LogP contribution in [0.5, 0.6) is 0 Å². The average molecular weight is 450 g/mol. The summed E-state index contributed by atoms with van der Waals surface area (Å²) in [6.07, 6.45) is 1.20. The maximum atomic E-state index is 12.8. The van der Waals surface area contributed by atoms with Crippen molar-refractivity contribution in [1.82, 2.24) is 15.6 Å². The van der Waals surface area contributed by atoms with E-state index in [2.05, 4.69) is 15.6 Å². The largest absolute Gasteiger partial charge is 0.467 e. The summed E-state index contributed by atoms with van der Waals surface area (Å²) >= 11 is 6.02. The number of benzene rings is 1. The van der Waals surface area contributed by atoms with Crippen molar-refractivity contribution in [2.24, 2.45) is 0 Å². The standard InChI is InChI=1S/C22H28ClN3O5/c1-21(2,3)31-20(29)26-22(19(28)30-4)9-5-6-15(12-22)24-18(27)17-11-13-10-14(23)7-8-16(13)25-17/h7-8,10-11,15,25H,5-6,9,12H2,1-4H3,(H,24,27)(H,26,29). The molecule has 3 N–H and O–H groups in total. The second-order valence-electron chi connectivity index (χ2n) is 8.88. The van der Waals surface area contributed by atoms with Crippen LogP contribution < -0.4 is 10.6 Å². The number of alkyl carbamates (subject to hydrolysis) is 1. The zero-order chi connectivity index (χ0) is 22.8. The Morgan fingerprint density at radius 3 is 2.65 bits per heavy atom. The molecule has 2 atom stereocenters. The summed E-state index contributed by atoms with van der Waals surface area (Å²) in [5, 5.41) is 7.08. The van der Waals surface area contributed by atoms with Gasteiger partial charge in [-0.25, -0.2) is 9.59 Å². The predicted molar refractivity (Wildman–Crippen MR) is 117 cm³/mol. The fourth-order valence-electron chi connectivity index (χ4n) is 3.93. The van der Waals surface area contributed by atoms with Gasteiger partial charge in [0.15, 0.2) is 0 Å². The molecule has 2 unspecified atom stereocenters. The van der Waals surface area contributed by atoms with Crippen LogP contribution in [0.4, 0.5) is 4.79 Å². The highest BCUT2D eigenvalue weighted by Gasteiger charge is 2.46. The number of aromatic nitrogens is 1. The van der Waals surface area contributed by atoms with Gasteiger partial charge in [0.1, 0.15) is 16.8 Å². The van der Waals surface area contributed by atoms with E-state index in [1.807, 2.05) is 6.07 Å². The molecule has 1 aliphatic rings. The summed E-state index contributed by atoms with van der Waals surface area (Å²) in [4.78, 5) is 40.9. The molecule has 2 amide bonds. The Kier molecular flexibility index (Phi) is 6.50. The van der Waals surface area contributed by atoms with Gasteiger partial charge in [-0.15, -0.1) is 0 Å². The summed E-state index contributed by atoms with van der Waals surface area (Å²) in [6.45, 7) is 5.23. The number of nitrogens with one attached hydrogen (secondary N) is 3. The molecule has 0 bridgehead atoms. The molecule has 0 radical (unpaired) electrons. The third-order valence-electron chi connectivity index (χ3n) is 5.23. The van der Waals surface area contributed by atoms with Gasteiger partial charge in [0.25, 0.3) is 5.91 Å². The number of halogens is 1. The normalized spacial score (nSPS) is 21.4. The quantitative estimate of drug-likeness (QED) is 0.612. The van der Waals surface area contributed by atoms with Crippen LogP contribution in [0.15, 0.2) is 24.3 Å². The first kappa shape index (κ1) is 22.9. The Morgan fingerprint density at radius 1 is 1.23 bits per heavy atom. The molecule has 2 aromatic rings. The second-order valence-corrected chi connectivity index (χ2v) is 9.32. The lowest BCUT2D eigenvalue weighted by molar-refractivity contribution is -0.150. The highest BCUT2D eigenvalue weighted by Crippen LogP contribution is 2.31. The van der Waals surface area contributed by atoms with Gasteiger partial charge in [0.2, 0.25) is 0 Å². The molecule has 8 nitrogen and oxygen atoms in total. The molecular weight excluding hydrogens is 422 g/mol. The van der Waals surface area contributed by atoms with Gasteiger partial charge in [-0.05, 0) is 64.3 Å². The number of fused-ring (bicyclic) bond motifs is 1. The Balaban J connectivity index is 1.74. The van der Waals surface area contributed by atoms with E-state index in [0.29, 0.717) is 30.0 Å². The van der Waals surface area contributed by atoms with E-state index in [4.69, 9.17) is 21.1 Å². The van der Waals surface area contributed by atoms with Crippen LogP contribution in [0.25, 0.3) is 10.9 Å². The van der Waals surface area contributed by atoms with Crippen molar-refractivity contribution in [3.63, 3.8) is 0 Å². The number of hydrogen-bond donors (Lipinski definition) is 3. The van der Waals surface area contributed by atoms with E-state index >= 15 is 0 Å². The molecule has 1 fully saturated rings. The van der Waals surface area contributed by atoms with Crippen LogP contribution in [-0.4, -0.2) is 47.2 Å². The number of carbonyl (C=O) groups excluding carboxylic acids is 3. The fourth-order valence-corrected chi connectivity index (χ4v) is 4.11. The highest BCUT2D eigenvalue weighted by atomic mass is 35.5. The molecule has 1 aromatic carbocycles. The summed E-state index contributed by atoms with van der Waals surface area (Å²) in [5.41, 5.74) is -0.774. The first-order valence-corrected chi connectivity index (χ1v) is 10.6. The molecule has 1 aromatic heterocycles. The number of ether oxygens (including phenoxy) is 2. The number of H-pyrrole nitrogens is 1. The Labute approximate surface area is 186 Å². The van der Waals surface area contributed by atoms with Gasteiger partial charge < -0.3 is 25.1 Å². The molecule has 9 heteroatoms. The summed E-state index contributed by atoms with van der Waals surface area (Å²) in [7, 11) is 1.28. The minimum atomic E-state index is -1.26. The summed E-state index contributed by atoms with van der Waals surface area (Å²) < 4.78 is 10.3. The fraction of sp³-hybridized carbons (Fsp3) is 0.500. The lowest BCUT2D eigenvalue weighted by Crippen LogP contribution is -2.60. The molecule has 1 saturated carbocycles. The predicted octanol–water partition coefficient (Wildman–Crippen LogP) is 3.93. The van der Waals surface area contributed by atoms with E-state index < -0.39 is 23.2 Å². The second kappa shape index (κ2) is 8.78. The molecule has 3 rings (SSSR count). The number of methoxy groups -OCH3 is 1. The van der Waals surface area contributed by atoms with Crippen molar-refractivity contribution in [2.45, 2.75) is 63.6 Å². The van der Waals surface area contributed by atoms with E-state index in [9.17, 15) is 14.4 Å². The Hall–Kier alpha value is -2.74. The van der Waals surface area contributed by atoms with Crippen LogP contribution in [0.1, 0.15) is 56.9 Å². The SMILES string of the molecule is COC(=O)C1(NC(=O)OC(C)(C)C)CCCC(NC(=O)c2cc3cc(Cl)ccc3[nH]2)C1. The lowest BCUT2D eigenvalue weighted by Gasteiger charge is -2.39. The van der Waals surface area contributed by atoms with Gasteiger partial charge in [0, 0.05) is 28.4 Å². The van der Waals surface area contributed by atoms with Crippen LogP contribution >= 0.6 is 11.6 Å². The third-order valence-corrected chi connectivity index (χ3v) is 5.47. The van der Waals surface area contributed by atoms with Crippen molar-refractivity contribution < 1.29 is 23.9 Å². The maximum Gasteiger partial charge on any atom is 0.408 e. The number of esters is 1. The van der Waals surface area contributed by atoms with Gasteiger partial charge in [-0.2, -0.15) is 0 Å². The number of hydrogen-bond acceptors (Lipinski definition) is 5. The van der Waals surface area contributed by atoms with Gasteiger partial charge in [-0.1, -0.05) is 11.6 Å². The van der Waals surface area contributed by atoms with Crippen molar-refractivity contribution in [1.29, 1.82) is 0 Å². The Morgan fingerprint density at radius 2 is 1.97 bits per heavy atom. The van der Waals surface area contributed by atoms with Gasteiger partial charge >= 0.3 is 12.1 Å². The van der Waals surface area contributed by atoms with Crippen LogP contribution in [0, 0.1) is 0 Å². The molecular formula is C22H28ClN3O5. The average Bonchev–Trinajstić information content (AvgIpc) is 3.09. The first-order chi connectivity index (χ1) is 14.5. The van der Waals surface area contributed by atoms with E-state index in [0.717, 1.165) is 10.9 Å². The number of carbonyl (C=O) groups is 3. The Bertz CT molecular complexity index is 997. The maximum absolute atomic E-state index is 12.8. The summed E-state index contributed by atoms with van der Waals surface area (Å²) in [6, 6.07) is 6.73. The molecule has 31 heavy (non-hydrogen) atoms. The number of rotatable bonds is 4. The zero-order valence-electron chi connectivity index (χ0n) is 18.1. The molecule has 0 aliphatic heterocycles. The minimum absolute atomic E-state index is 0.205. The molecule has 1 aliphatic carbocycles. The topological polar surface area (TPSA) is 110 Å². The third kappa shape index (κ3) is 5.50. The van der Waals surface area contributed by atoms with E-state index in [1.54, 1.807) is 39.0 Å². The van der Waals surface area contributed by atoms with E-state index in [1.165, 1.54) is 7.11 Å². The van der Waals surface area contributed by atoms with Gasteiger partial charge in [-0.3, -0.25) is 4.79 Å². The van der Waals surface area contributed by atoms with Gasteiger partial charge in [0.05, 0.1) is 7.11 Å². The smallest absolute Gasteiger partial charge is 0.408 e. The number of aromatic amines is 1. The highest BCUT2D eigenvalue weighted by molar-refractivity contribution is 6.31. The van der Waals surface area contributed by atoms with Crippen molar-refractivity contribution in [3.8, 4) is 0 Å². The van der Waals surface area contributed by atoms with Crippen molar-refractivity contribution in [2.75, 3.05) is 7.11 Å². The number of amides is 2. The molecule has 0 saturated heterocycles. The first-order valence-electron chi connectivity index (χ1n) is 10.2. The summed E-state index contributed by atoms with van der Waals surface area (Å²) in [5.74, 6) is -0.854. The lowest BCUT2D eigenvalue weighted by atomic mass is 9.79. The molecule has 1 heterocycles. The van der Waals surface area contributed by atoms with Crippen molar-refractivity contribution >= 4 is 40.5 Å². The monoisotopic (exact) mass is 449 g/mol. The van der Waals surface area contributed by atoms with Crippen molar-refractivity contribution in [3.05, 3.63) is 35.0 Å². The molecule has 0 spiro atoms. The zero-order valence-corrected chi connectivity index (χ0v) is 18.9. The minimum Gasteiger partial charge on any atom is -0.467 e. The van der Waals surface area contributed by atoms with Crippen LogP contribution in [0.3, 0.4) is 0 Å². The van der Waals surface area contributed by atoms with Crippen LogP contribution in [-0.2, 0) is 14.3 Å². The van der Waals surface area contributed by atoms with E-state index in [-0.39, 0.29) is 18.4 Å². The molecule has 168 valence electrons.